The summed E-state index contributed by atoms with van der Waals surface area (Å²) in [5.41, 5.74) is 8.72. The van der Waals surface area contributed by atoms with Gasteiger partial charge in [-0.2, -0.15) is 0 Å². The number of benzene rings is 1. The number of anilines is 1. The standard InChI is InChI=1S/C45H68N2O5/c1-28(2)31-16-21-45(24-36(48)47-27-29-10-12-30(46)13-11-29)23-22-43(8)32(39(31)45)14-15-34-42(7)19-18-35(41(5,6)33(42)17-20-44(34,43)9)52-38(51)26-40(3,4)25-37(49)50/h10-13,31-35,39H,1,14-27,46H2,2-9H3,(H,47,48)(H,49,50)/t31?,32-,33?,34?,35+,39?,42+,43-,44-,45-/m1/s1. The van der Waals surface area contributed by atoms with Crippen molar-refractivity contribution in [3.8, 4) is 0 Å². The molecule has 1 aromatic rings. The number of nitrogens with two attached hydrogens (primary N) is 1. The molecule has 5 saturated carbocycles. The average Bonchev–Trinajstić information content (AvgIpc) is 3.41. The molecule has 0 radical (unpaired) electrons. The molecule has 52 heavy (non-hydrogen) atoms. The van der Waals surface area contributed by atoms with Gasteiger partial charge in [0.1, 0.15) is 6.10 Å². The summed E-state index contributed by atoms with van der Waals surface area (Å²) in [6.45, 7) is 23.5. The first-order chi connectivity index (χ1) is 24.2. The Labute approximate surface area is 313 Å². The van der Waals surface area contributed by atoms with Crippen molar-refractivity contribution in [1.29, 1.82) is 0 Å². The number of fused-ring (bicyclic) bond motifs is 7. The highest BCUT2D eigenvalue weighted by molar-refractivity contribution is 5.77. The van der Waals surface area contributed by atoms with E-state index in [4.69, 9.17) is 10.5 Å². The van der Waals surface area contributed by atoms with Crippen LogP contribution in [0.2, 0.25) is 0 Å². The Morgan fingerprint density at radius 2 is 1.58 bits per heavy atom. The number of nitrogen functional groups attached to an aromatic ring is 1. The number of hydrogen-bond donors (Lipinski definition) is 3. The van der Waals surface area contributed by atoms with Crippen molar-refractivity contribution in [2.24, 2.45) is 62.1 Å². The Morgan fingerprint density at radius 3 is 2.23 bits per heavy atom. The summed E-state index contributed by atoms with van der Waals surface area (Å²) in [6.07, 6.45) is 11.7. The molecule has 1 aromatic carbocycles. The minimum absolute atomic E-state index is 0.0201. The number of hydrogen-bond acceptors (Lipinski definition) is 5. The Balaban J connectivity index is 1.21. The fraction of sp³-hybridized carbons (Fsp3) is 0.756. The topological polar surface area (TPSA) is 119 Å². The lowest BCUT2D eigenvalue weighted by Crippen LogP contribution is -2.67. The Kier molecular flexibility index (Phi) is 10.1. The van der Waals surface area contributed by atoms with Crippen molar-refractivity contribution in [2.75, 3.05) is 5.73 Å². The molecule has 4 N–H and O–H groups in total. The third-order valence-electron chi connectivity index (χ3n) is 16.7. The summed E-state index contributed by atoms with van der Waals surface area (Å²) < 4.78 is 6.28. The van der Waals surface area contributed by atoms with Crippen LogP contribution in [-0.2, 0) is 25.7 Å². The highest BCUT2D eigenvalue weighted by Gasteiger charge is 2.71. The zero-order valence-corrected chi connectivity index (χ0v) is 33.5. The minimum atomic E-state index is -0.886. The van der Waals surface area contributed by atoms with Gasteiger partial charge in [-0.3, -0.25) is 14.4 Å². The molecular formula is C45H68N2O5. The van der Waals surface area contributed by atoms with Gasteiger partial charge in [-0.25, -0.2) is 0 Å². The predicted octanol–water partition coefficient (Wildman–Crippen LogP) is 9.74. The second-order valence-corrected chi connectivity index (χ2v) is 20.5. The van der Waals surface area contributed by atoms with Crippen molar-refractivity contribution < 1.29 is 24.2 Å². The van der Waals surface area contributed by atoms with Gasteiger partial charge < -0.3 is 20.9 Å². The van der Waals surface area contributed by atoms with Crippen LogP contribution in [0.15, 0.2) is 36.4 Å². The van der Waals surface area contributed by atoms with Gasteiger partial charge >= 0.3 is 11.9 Å². The van der Waals surface area contributed by atoms with E-state index < -0.39 is 11.4 Å². The zero-order valence-electron chi connectivity index (χ0n) is 33.5. The molecule has 0 aromatic heterocycles. The molecule has 6 rings (SSSR count). The normalized spacial score (nSPS) is 39.2. The summed E-state index contributed by atoms with van der Waals surface area (Å²) in [6, 6.07) is 7.78. The number of esters is 1. The number of aliphatic carboxylic acids is 1. The monoisotopic (exact) mass is 717 g/mol. The van der Waals surface area contributed by atoms with Crippen LogP contribution in [0.4, 0.5) is 5.69 Å². The van der Waals surface area contributed by atoms with Crippen LogP contribution in [-0.4, -0.2) is 29.1 Å². The molecule has 0 bridgehead atoms. The molecule has 10 atom stereocenters. The van der Waals surface area contributed by atoms with Crippen molar-refractivity contribution >= 4 is 23.5 Å². The minimum Gasteiger partial charge on any atom is -0.481 e. The van der Waals surface area contributed by atoms with Crippen molar-refractivity contribution in [3.05, 3.63) is 42.0 Å². The predicted molar refractivity (Wildman–Crippen MR) is 207 cm³/mol. The molecule has 0 saturated heterocycles. The lowest BCUT2D eigenvalue weighted by Gasteiger charge is -2.73. The number of allylic oxidation sites excluding steroid dienone is 1. The summed E-state index contributed by atoms with van der Waals surface area (Å²) >= 11 is 0. The molecule has 0 spiro atoms. The summed E-state index contributed by atoms with van der Waals surface area (Å²) in [5, 5.41) is 12.6. The second-order valence-electron chi connectivity index (χ2n) is 20.5. The van der Waals surface area contributed by atoms with E-state index >= 15 is 0 Å². The van der Waals surface area contributed by atoms with E-state index in [2.05, 4.69) is 53.4 Å². The van der Waals surface area contributed by atoms with Gasteiger partial charge in [0, 0.05) is 24.1 Å². The zero-order chi connectivity index (χ0) is 38.1. The molecule has 5 aliphatic rings. The highest BCUT2D eigenvalue weighted by Crippen LogP contribution is 2.78. The lowest BCUT2D eigenvalue weighted by molar-refractivity contribution is -0.250. The van der Waals surface area contributed by atoms with Crippen LogP contribution in [0.5, 0.6) is 0 Å². The first-order valence-electron chi connectivity index (χ1n) is 20.4. The largest absolute Gasteiger partial charge is 0.481 e. The summed E-state index contributed by atoms with van der Waals surface area (Å²) in [7, 11) is 0. The van der Waals surface area contributed by atoms with Crippen LogP contribution < -0.4 is 11.1 Å². The number of nitrogens with one attached hydrogen (secondary N) is 1. The van der Waals surface area contributed by atoms with E-state index in [1.807, 2.05) is 38.1 Å². The van der Waals surface area contributed by atoms with Crippen LogP contribution in [0.25, 0.3) is 0 Å². The van der Waals surface area contributed by atoms with E-state index in [-0.39, 0.29) is 57.9 Å². The van der Waals surface area contributed by atoms with Gasteiger partial charge in [0.25, 0.3) is 0 Å². The smallest absolute Gasteiger partial charge is 0.306 e. The quantitative estimate of drug-likeness (QED) is 0.126. The molecule has 5 fully saturated rings. The van der Waals surface area contributed by atoms with Crippen LogP contribution >= 0.6 is 0 Å². The molecule has 0 aliphatic heterocycles. The van der Waals surface area contributed by atoms with Gasteiger partial charge in [0.05, 0.1) is 12.8 Å². The first kappa shape index (κ1) is 38.9. The van der Waals surface area contributed by atoms with E-state index in [9.17, 15) is 19.5 Å². The fourth-order valence-corrected chi connectivity index (χ4v) is 14.1. The van der Waals surface area contributed by atoms with Crippen molar-refractivity contribution in [1.82, 2.24) is 5.32 Å². The molecule has 4 unspecified atom stereocenters. The van der Waals surface area contributed by atoms with Gasteiger partial charge in [-0.05, 0) is 145 Å². The number of amides is 1. The molecule has 1 amide bonds. The van der Waals surface area contributed by atoms with Gasteiger partial charge in [0.2, 0.25) is 5.91 Å². The average molecular weight is 717 g/mol. The second kappa shape index (κ2) is 13.5. The number of carboxylic acid groups (broad SMARTS) is 1. The third-order valence-corrected chi connectivity index (χ3v) is 16.7. The first-order valence-corrected chi connectivity index (χ1v) is 20.4. The maximum absolute atomic E-state index is 13.7. The summed E-state index contributed by atoms with van der Waals surface area (Å²) in [4.78, 5) is 38.4. The van der Waals surface area contributed by atoms with E-state index in [0.717, 1.165) is 49.8 Å². The Hall–Kier alpha value is -2.83. The van der Waals surface area contributed by atoms with E-state index in [0.29, 0.717) is 42.6 Å². The maximum atomic E-state index is 13.7. The molecule has 0 heterocycles. The van der Waals surface area contributed by atoms with Crippen molar-refractivity contribution in [2.45, 2.75) is 152 Å². The van der Waals surface area contributed by atoms with Gasteiger partial charge in [0.15, 0.2) is 0 Å². The Bertz CT molecular complexity index is 1570. The van der Waals surface area contributed by atoms with Crippen molar-refractivity contribution in [3.63, 3.8) is 0 Å². The highest BCUT2D eigenvalue weighted by atomic mass is 16.5. The number of rotatable bonds is 10. The van der Waals surface area contributed by atoms with Gasteiger partial charge in [-0.15, -0.1) is 0 Å². The fourth-order valence-electron chi connectivity index (χ4n) is 14.1. The van der Waals surface area contributed by atoms with Gasteiger partial charge in [-0.1, -0.05) is 72.8 Å². The van der Waals surface area contributed by atoms with E-state index in [1.165, 1.54) is 31.3 Å². The molecular weight excluding hydrogens is 649 g/mol. The number of ether oxygens (including phenoxy) is 1. The maximum Gasteiger partial charge on any atom is 0.306 e. The summed E-state index contributed by atoms with van der Waals surface area (Å²) in [5.74, 6) is 1.56. The molecule has 288 valence electrons. The van der Waals surface area contributed by atoms with Crippen LogP contribution in [0.1, 0.15) is 144 Å². The lowest BCUT2D eigenvalue weighted by atomic mass is 9.32. The molecule has 7 nitrogen and oxygen atoms in total. The van der Waals surface area contributed by atoms with Crippen LogP contribution in [0, 0.1) is 62.1 Å². The van der Waals surface area contributed by atoms with E-state index in [1.54, 1.807) is 0 Å². The number of carbonyl (C=O) groups excluding carboxylic acids is 2. The number of carboxylic acids is 1. The van der Waals surface area contributed by atoms with Crippen LogP contribution in [0.3, 0.4) is 0 Å². The Morgan fingerprint density at radius 1 is 0.885 bits per heavy atom. The molecule has 7 heteroatoms. The molecule has 5 aliphatic carbocycles. The number of carbonyl (C=O) groups is 3. The third kappa shape index (κ3) is 6.52. The SMILES string of the molecule is C=C(C)C1CC[C@]2(CC(=O)NCc3ccc(N)cc3)CC[C@]3(C)[C@H](CCC4[C@@]5(C)CC[C@H](OC(=O)CC(C)(C)CC(=O)O)C(C)(C)C5CC[C@]43C)C12.